The van der Waals surface area contributed by atoms with Crippen molar-refractivity contribution in [1.29, 1.82) is 0 Å². The predicted molar refractivity (Wildman–Crippen MR) is 119 cm³/mol. The largest absolute Gasteiger partial charge is 0.368 e. The Bertz CT molecular complexity index is 1060. The molecule has 0 saturated carbocycles. The van der Waals surface area contributed by atoms with E-state index in [1.165, 1.54) is 11.0 Å². The predicted octanol–water partition coefficient (Wildman–Crippen LogP) is 2.58. The van der Waals surface area contributed by atoms with Crippen LogP contribution in [0.25, 0.3) is 0 Å². The fourth-order valence-corrected chi connectivity index (χ4v) is 4.51. The molecule has 32 heavy (non-hydrogen) atoms. The van der Waals surface area contributed by atoms with Gasteiger partial charge in [0, 0.05) is 25.2 Å². The first kappa shape index (κ1) is 22.0. The molecule has 2 fully saturated rings. The molecule has 2 unspecified atom stereocenters. The number of likely N-dealkylation sites (tertiary alicyclic amines) is 1. The van der Waals surface area contributed by atoms with Crippen LogP contribution in [0.1, 0.15) is 30.4 Å². The minimum absolute atomic E-state index is 0.0346. The van der Waals surface area contributed by atoms with Gasteiger partial charge in [0.1, 0.15) is 5.82 Å². The monoisotopic (exact) mass is 438 g/mol. The van der Waals surface area contributed by atoms with Gasteiger partial charge in [-0.1, -0.05) is 18.2 Å². The Balaban J connectivity index is 1.40. The SMILES string of the molecule is Cc1ccc(N2CC(C(=O)Nc3cccc(CN4CCCC4C(N)=O)c3)CC2=O)c(F)c1. The van der Waals surface area contributed by atoms with E-state index in [2.05, 4.69) is 5.32 Å². The molecule has 2 atom stereocenters. The summed E-state index contributed by atoms with van der Waals surface area (Å²) < 4.78 is 14.3. The number of primary amides is 1. The van der Waals surface area contributed by atoms with Crippen molar-refractivity contribution in [2.45, 2.75) is 38.8 Å². The minimum atomic E-state index is -0.565. The molecule has 2 aromatic rings. The Morgan fingerprint density at radius 3 is 2.78 bits per heavy atom. The van der Waals surface area contributed by atoms with E-state index in [4.69, 9.17) is 5.73 Å². The Morgan fingerprint density at radius 1 is 1.22 bits per heavy atom. The van der Waals surface area contributed by atoms with Gasteiger partial charge in [0.2, 0.25) is 17.7 Å². The maximum Gasteiger partial charge on any atom is 0.234 e. The molecule has 0 aliphatic carbocycles. The van der Waals surface area contributed by atoms with Crippen molar-refractivity contribution in [1.82, 2.24) is 4.90 Å². The van der Waals surface area contributed by atoms with E-state index >= 15 is 0 Å². The van der Waals surface area contributed by atoms with Gasteiger partial charge in [0.05, 0.1) is 17.6 Å². The topological polar surface area (TPSA) is 95.7 Å². The Labute approximate surface area is 186 Å². The number of nitrogens with two attached hydrogens (primary N) is 1. The van der Waals surface area contributed by atoms with Gasteiger partial charge in [-0.05, 0) is 61.7 Å². The van der Waals surface area contributed by atoms with E-state index in [-0.39, 0.29) is 42.4 Å². The lowest BCUT2D eigenvalue weighted by atomic mass is 10.1. The number of hydrogen-bond donors (Lipinski definition) is 2. The standard InChI is InChI=1S/C24H27FN4O3/c1-15-7-8-20(19(25)10-15)29-14-17(12-22(29)30)24(32)27-18-5-2-4-16(11-18)13-28-9-3-6-21(28)23(26)31/h2,4-5,7-8,10-11,17,21H,3,6,9,12-14H2,1H3,(H2,26,31)(H,27,32). The maximum absolute atomic E-state index is 14.3. The number of nitrogens with one attached hydrogen (secondary N) is 1. The highest BCUT2D eigenvalue weighted by Crippen LogP contribution is 2.29. The smallest absolute Gasteiger partial charge is 0.234 e. The first-order chi connectivity index (χ1) is 15.3. The first-order valence-corrected chi connectivity index (χ1v) is 10.8. The zero-order valence-electron chi connectivity index (χ0n) is 18.0. The van der Waals surface area contributed by atoms with Gasteiger partial charge >= 0.3 is 0 Å². The molecular formula is C24H27FN4O3. The molecule has 0 bridgehead atoms. The lowest BCUT2D eigenvalue weighted by molar-refractivity contribution is -0.122. The quantitative estimate of drug-likeness (QED) is 0.725. The summed E-state index contributed by atoms with van der Waals surface area (Å²) in [5, 5.41) is 2.88. The summed E-state index contributed by atoms with van der Waals surface area (Å²) in [5.41, 5.74) is 8.04. The number of hydrogen-bond acceptors (Lipinski definition) is 4. The normalized spacial score (nSPS) is 21.2. The summed E-state index contributed by atoms with van der Waals surface area (Å²) in [4.78, 5) is 40.3. The van der Waals surface area contributed by atoms with Crippen LogP contribution in [0.4, 0.5) is 15.8 Å². The number of anilines is 2. The van der Waals surface area contributed by atoms with Crippen LogP contribution < -0.4 is 16.0 Å². The third-order valence-corrected chi connectivity index (χ3v) is 6.16. The van der Waals surface area contributed by atoms with Gasteiger partial charge in [-0.2, -0.15) is 0 Å². The van der Waals surface area contributed by atoms with Crippen LogP contribution in [0.3, 0.4) is 0 Å². The molecule has 2 aliphatic rings. The number of nitrogens with zero attached hydrogens (tertiary/aromatic N) is 2. The van der Waals surface area contributed by atoms with Gasteiger partial charge < -0.3 is 16.0 Å². The van der Waals surface area contributed by atoms with Gasteiger partial charge in [-0.15, -0.1) is 0 Å². The van der Waals surface area contributed by atoms with Gasteiger partial charge in [0.15, 0.2) is 0 Å². The summed E-state index contributed by atoms with van der Waals surface area (Å²) in [6.07, 6.45) is 1.73. The van der Waals surface area contributed by atoms with Crippen molar-refractivity contribution in [3.8, 4) is 0 Å². The van der Waals surface area contributed by atoms with E-state index in [9.17, 15) is 18.8 Å². The molecule has 2 saturated heterocycles. The number of aryl methyl sites for hydroxylation is 1. The Morgan fingerprint density at radius 2 is 2.03 bits per heavy atom. The summed E-state index contributed by atoms with van der Waals surface area (Å²) in [6.45, 7) is 3.29. The van der Waals surface area contributed by atoms with Crippen LogP contribution in [0.5, 0.6) is 0 Å². The molecule has 2 aromatic carbocycles. The second-order valence-corrected chi connectivity index (χ2v) is 8.58. The van der Waals surface area contributed by atoms with Crippen LogP contribution in [0.2, 0.25) is 0 Å². The molecule has 0 spiro atoms. The third-order valence-electron chi connectivity index (χ3n) is 6.16. The minimum Gasteiger partial charge on any atom is -0.368 e. The summed E-state index contributed by atoms with van der Waals surface area (Å²) in [7, 11) is 0. The summed E-state index contributed by atoms with van der Waals surface area (Å²) in [6, 6.07) is 11.9. The number of carbonyl (C=O) groups is 3. The van der Waals surface area contributed by atoms with E-state index in [1.807, 2.05) is 23.1 Å². The fourth-order valence-electron chi connectivity index (χ4n) is 4.51. The molecule has 2 heterocycles. The molecule has 8 heteroatoms. The van der Waals surface area contributed by atoms with Crippen molar-refractivity contribution in [3.63, 3.8) is 0 Å². The molecule has 7 nitrogen and oxygen atoms in total. The van der Waals surface area contributed by atoms with Crippen molar-refractivity contribution in [3.05, 3.63) is 59.4 Å². The molecule has 3 N–H and O–H groups in total. The summed E-state index contributed by atoms with van der Waals surface area (Å²) in [5.74, 6) is -1.89. The Hall–Kier alpha value is -3.26. The van der Waals surface area contributed by atoms with E-state index < -0.39 is 11.7 Å². The van der Waals surface area contributed by atoms with Crippen molar-refractivity contribution < 1.29 is 18.8 Å². The molecule has 0 radical (unpaired) electrons. The van der Waals surface area contributed by atoms with E-state index in [0.717, 1.165) is 30.5 Å². The number of benzene rings is 2. The number of rotatable bonds is 6. The highest BCUT2D eigenvalue weighted by Gasteiger charge is 2.36. The molecule has 168 valence electrons. The second kappa shape index (κ2) is 9.08. The van der Waals surface area contributed by atoms with Crippen LogP contribution in [-0.4, -0.2) is 41.8 Å². The number of amides is 3. The number of halogens is 1. The first-order valence-electron chi connectivity index (χ1n) is 10.8. The average molecular weight is 439 g/mol. The Kier molecular flexibility index (Phi) is 6.23. The van der Waals surface area contributed by atoms with Crippen molar-refractivity contribution in [2.75, 3.05) is 23.3 Å². The maximum atomic E-state index is 14.3. The van der Waals surface area contributed by atoms with Crippen LogP contribution >= 0.6 is 0 Å². The van der Waals surface area contributed by atoms with Crippen molar-refractivity contribution >= 4 is 29.1 Å². The van der Waals surface area contributed by atoms with Crippen LogP contribution in [0, 0.1) is 18.7 Å². The molecule has 3 amide bonds. The molecule has 4 rings (SSSR count). The second-order valence-electron chi connectivity index (χ2n) is 8.58. The fraction of sp³-hybridized carbons (Fsp3) is 0.375. The van der Waals surface area contributed by atoms with Gasteiger partial charge in [-0.25, -0.2) is 4.39 Å². The molecule has 2 aliphatic heterocycles. The molecule has 0 aromatic heterocycles. The highest BCUT2D eigenvalue weighted by atomic mass is 19.1. The lowest BCUT2D eigenvalue weighted by Gasteiger charge is -2.22. The van der Waals surface area contributed by atoms with Crippen LogP contribution in [-0.2, 0) is 20.9 Å². The van der Waals surface area contributed by atoms with Crippen molar-refractivity contribution in [2.24, 2.45) is 11.7 Å². The van der Waals surface area contributed by atoms with E-state index in [1.54, 1.807) is 25.1 Å². The highest BCUT2D eigenvalue weighted by molar-refractivity contribution is 6.03. The third kappa shape index (κ3) is 4.65. The number of carbonyl (C=O) groups excluding carboxylic acids is 3. The van der Waals surface area contributed by atoms with E-state index in [0.29, 0.717) is 12.2 Å². The zero-order valence-corrected chi connectivity index (χ0v) is 18.0. The lowest BCUT2D eigenvalue weighted by Crippen LogP contribution is -2.39. The van der Waals surface area contributed by atoms with Gasteiger partial charge in [-0.3, -0.25) is 19.3 Å². The summed E-state index contributed by atoms with van der Waals surface area (Å²) >= 11 is 0. The average Bonchev–Trinajstić information content (AvgIpc) is 3.35. The van der Waals surface area contributed by atoms with Crippen LogP contribution in [0.15, 0.2) is 42.5 Å². The zero-order chi connectivity index (χ0) is 22.8. The molecular weight excluding hydrogens is 411 g/mol. The van der Waals surface area contributed by atoms with Gasteiger partial charge in [0.25, 0.3) is 0 Å².